The molecule has 78 valence electrons. The molecule has 0 aliphatic carbocycles. The molecule has 0 amide bonds. The highest BCUT2D eigenvalue weighted by Crippen LogP contribution is 2.20. The number of pyridine rings is 1. The van der Waals surface area contributed by atoms with Gasteiger partial charge < -0.3 is 9.67 Å². The van der Waals surface area contributed by atoms with Crippen molar-refractivity contribution in [2.45, 2.75) is 13.5 Å². The quantitative estimate of drug-likeness (QED) is 0.800. The van der Waals surface area contributed by atoms with Crippen LogP contribution in [-0.4, -0.2) is 19.6 Å². The summed E-state index contributed by atoms with van der Waals surface area (Å²) in [5.41, 5.74) is 2.73. The Morgan fingerprint density at radius 2 is 2.00 bits per heavy atom. The lowest BCUT2D eigenvalue weighted by atomic mass is 10.2. The molecule has 0 aromatic carbocycles. The van der Waals surface area contributed by atoms with Gasteiger partial charge in [-0.05, 0) is 19.1 Å². The van der Waals surface area contributed by atoms with E-state index in [1.165, 1.54) is 0 Å². The molecule has 0 aliphatic rings. The molecule has 1 N–H and O–H groups in total. The number of nitrogens with zero attached hydrogens (tertiary/aromatic N) is 3. The maximum atomic E-state index is 9.19. The van der Waals surface area contributed by atoms with E-state index in [1.54, 1.807) is 12.4 Å². The molecule has 4 heteroatoms. The average Bonchev–Trinajstić information content (AvgIpc) is 2.55. The molecule has 2 aromatic heterocycles. The highest BCUT2D eigenvalue weighted by Gasteiger charge is 2.11. The molecule has 0 aliphatic heterocycles. The van der Waals surface area contributed by atoms with Gasteiger partial charge in [-0.15, -0.1) is 0 Å². The van der Waals surface area contributed by atoms with Crippen LogP contribution in [0.25, 0.3) is 11.4 Å². The number of aliphatic hydroxyl groups is 1. The first-order chi connectivity index (χ1) is 7.24. The summed E-state index contributed by atoms with van der Waals surface area (Å²) in [6.45, 7) is 1.91. The van der Waals surface area contributed by atoms with Crippen molar-refractivity contribution < 1.29 is 5.11 Å². The molecule has 0 radical (unpaired) electrons. The van der Waals surface area contributed by atoms with Crippen LogP contribution < -0.4 is 0 Å². The van der Waals surface area contributed by atoms with Crippen molar-refractivity contribution in [3.05, 3.63) is 35.9 Å². The SMILES string of the molecule is Cc1nc(-c2ccncc2)n(C)c1CO. The minimum atomic E-state index is 0.0143. The lowest BCUT2D eigenvalue weighted by molar-refractivity contribution is 0.272. The van der Waals surface area contributed by atoms with Gasteiger partial charge in [0.2, 0.25) is 0 Å². The molecule has 4 nitrogen and oxygen atoms in total. The molecule has 0 bridgehead atoms. The first-order valence-corrected chi connectivity index (χ1v) is 4.77. The molecular weight excluding hydrogens is 190 g/mol. The summed E-state index contributed by atoms with van der Waals surface area (Å²) in [6.07, 6.45) is 3.47. The van der Waals surface area contributed by atoms with E-state index in [9.17, 15) is 5.11 Å². The van der Waals surface area contributed by atoms with Crippen molar-refractivity contribution in [3.8, 4) is 11.4 Å². The second kappa shape index (κ2) is 3.82. The van der Waals surface area contributed by atoms with Gasteiger partial charge in [-0.2, -0.15) is 0 Å². The summed E-state index contributed by atoms with van der Waals surface area (Å²) in [5, 5.41) is 9.19. The zero-order valence-corrected chi connectivity index (χ0v) is 8.81. The molecule has 0 unspecified atom stereocenters. The van der Waals surface area contributed by atoms with Crippen molar-refractivity contribution in [2.24, 2.45) is 7.05 Å². The third-order valence-corrected chi connectivity index (χ3v) is 2.50. The monoisotopic (exact) mass is 203 g/mol. The van der Waals surface area contributed by atoms with Crippen LogP contribution in [-0.2, 0) is 13.7 Å². The maximum Gasteiger partial charge on any atom is 0.140 e. The third kappa shape index (κ3) is 1.64. The van der Waals surface area contributed by atoms with Gasteiger partial charge in [0.1, 0.15) is 5.82 Å². The van der Waals surface area contributed by atoms with Crippen molar-refractivity contribution in [1.82, 2.24) is 14.5 Å². The summed E-state index contributed by atoms with van der Waals surface area (Å²) < 4.78 is 1.91. The fourth-order valence-electron chi connectivity index (χ4n) is 1.65. The number of imidazole rings is 1. The molecule has 0 saturated heterocycles. The van der Waals surface area contributed by atoms with Gasteiger partial charge in [0.25, 0.3) is 0 Å². The van der Waals surface area contributed by atoms with Crippen LogP contribution in [0.1, 0.15) is 11.4 Å². The van der Waals surface area contributed by atoms with E-state index in [0.29, 0.717) is 0 Å². The Hall–Kier alpha value is -1.68. The lowest BCUT2D eigenvalue weighted by Crippen LogP contribution is -1.99. The number of aryl methyl sites for hydroxylation is 1. The van der Waals surface area contributed by atoms with Crippen molar-refractivity contribution in [2.75, 3.05) is 0 Å². The molecule has 2 aromatic rings. The van der Waals surface area contributed by atoms with Crippen LogP contribution in [0.2, 0.25) is 0 Å². The fraction of sp³-hybridized carbons (Fsp3) is 0.273. The van der Waals surface area contributed by atoms with Crippen molar-refractivity contribution in [1.29, 1.82) is 0 Å². The van der Waals surface area contributed by atoms with Gasteiger partial charge in [-0.25, -0.2) is 4.98 Å². The number of aliphatic hydroxyl groups excluding tert-OH is 1. The second-order valence-corrected chi connectivity index (χ2v) is 3.42. The number of hydrogen-bond donors (Lipinski definition) is 1. The van der Waals surface area contributed by atoms with E-state index in [2.05, 4.69) is 9.97 Å². The Kier molecular flexibility index (Phi) is 2.51. The second-order valence-electron chi connectivity index (χ2n) is 3.42. The largest absolute Gasteiger partial charge is 0.390 e. The molecule has 15 heavy (non-hydrogen) atoms. The van der Waals surface area contributed by atoms with E-state index in [-0.39, 0.29) is 6.61 Å². The molecule has 0 atom stereocenters. The first-order valence-electron chi connectivity index (χ1n) is 4.77. The van der Waals surface area contributed by atoms with Crippen molar-refractivity contribution >= 4 is 0 Å². The Morgan fingerprint density at radius 3 is 2.53 bits per heavy atom. The number of rotatable bonds is 2. The zero-order chi connectivity index (χ0) is 10.8. The summed E-state index contributed by atoms with van der Waals surface area (Å²) >= 11 is 0. The summed E-state index contributed by atoms with van der Waals surface area (Å²) in [5.74, 6) is 0.860. The van der Waals surface area contributed by atoms with Crippen LogP contribution in [0.3, 0.4) is 0 Å². The standard InChI is InChI=1S/C11H13N3O/c1-8-10(7-15)14(2)11(13-8)9-3-5-12-6-4-9/h3-6,15H,7H2,1-2H3. The van der Waals surface area contributed by atoms with Gasteiger partial charge in [0.15, 0.2) is 0 Å². The molecule has 2 heterocycles. The summed E-state index contributed by atoms with van der Waals surface area (Å²) in [6, 6.07) is 3.81. The van der Waals surface area contributed by atoms with Crippen LogP contribution in [0, 0.1) is 6.92 Å². The minimum Gasteiger partial charge on any atom is -0.390 e. The van der Waals surface area contributed by atoms with Gasteiger partial charge >= 0.3 is 0 Å². The smallest absolute Gasteiger partial charge is 0.140 e. The van der Waals surface area contributed by atoms with Gasteiger partial charge in [0.05, 0.1) is 18.0 Å². The van der Waals surface area contributed by atoms with E-state index in [0.717, 1.165) is 22.8 Å². The molecular formula is C11H13N3O. The van der Waals surface area contributed by atoms with E-state index < -0.39 is 0 Å². The zero-order valence-electron chi connectivity index (χ0n) is 8.81. The van der Waals surface area contributed by atoms with Crippen LogP contribution >= 0.6 is 0 Å². The Labute approximate surface area is 88.2 Å². The number of hydrogen-bond acceptors (Lipinski definition) is 3. The predicted molar refractivity (Wildman–Crippen MR) is 57.1 cm³/mol. The maximum absolute atomic E-state index is 9.19. The number of aromatic nitrogens is 3. The predicted octanol–water partition coefficient (Wildman–Crippen LogP) is 1.28. The van der Waals surface area contributed by atoms with Crippen molar-refractivity contribution in [3.63, 3.8) is 0 Å². The minimum absolute atomic E-state index is 0.0143. The fourth-order valence-corrected chi connectivity index (χ4v) is 1.65. The van der Waals surface area contributed by atoms with E-state index >= 15 is 0 Å². The first kappa shape index (κ1) is 9.86. The summed E-state index contributed by atoms with van der Waals surface area (Å²) in [4.78, 5) is 8.39. The Balaban J connectivity index is 2.55. The normalized spacial score (nSPS) is 10.6. The topological polar surface area (TPSA) is 50.9 Å². The third-order valence-electron chi connectivity index (χ3n) is 2.50. The highest BCUT2D eigenvalue weighted by molar-refractivity contribution is 5.55. The Morgan fingerprint density at radius 1 is 1.33 bits per heavy atom. The van der Waals surface area contributed by atoms with Gasteiger partial charge in [0, 0.05) is 25.0 Å². The van der Waals surface area contributed by atoms with Gasteiger partial charge in [-0.3, -0.25) is 4.98 Å². The molecule has 0 spiro atoms. The average molecular weight is 203 g/mol. The molecule has 0 saturated carbocycles. The highest BCUT2D eigenvalue weighted by atomic mass is 16.3. The van der Waals surface area contributed by atoms with Crippen LogP contribution in [0.5, 0.6) is 0 Å². The van der Waals surface area contributed by atoms with E-state index in [4.69, 9.17) is 0 Å². The Bertz CT molecular complexity index is 462. The van der Waals surface area contributed by atoms with E-state index in [1.807, 2.05) is 30.7 Å². The molecule has 0 fully saturated rings. The molecule has 2 rings (SSSR count). The van der Waals surface area contributed by atoms with Gasteiger partial charge in [-0.1, -0.05) is 0 Å². The lowest BCUT2D eigenvalue weighted by Gasteiger charge is -2.03. The summed E-state index contributed by atoms with van der Waals surface area (Å²) in [7, 11) is 1.90. The van der Waals surface area contributed by atoms with Crippen LogP contribution in [0.15, 0.2) is 24.5 Å². The van der Waals surface area contributed by atoms with Crippen LogP contribution in [0.4, 0.5) is 0 Å².